The van der Waals surface area contributed by atoms with E-state index in [0.29, 0.717) is 10.6 Å². The summed E-state index contributed by atoms with van der Waals surface area (Å²) >= 11 is 1.32. The van der Waals surface area contributed by atoms with Gasteiger partial charge in [0.15, 0.2) is 0 Å². The number of carbonyl (C=O) groups is 1. The highest BCUT2D eigenvalue weighted by atomic mass is 32.1. The van der Waals surface area contributed by atoms with E-state index >= 15 is 0 Å². The van der Waals surface area contributed by atoms with Crippen molar-refractivity contribution >= 4 is 22.2 Å². The van der Waals surface area contributed by atoms with Crippen LogP contribution in [0.5, 0.6) is 0 Å². The molecule has 0 aliphatic heterocycles. The van der Waals surface area contributed by atoms with Gasteiger partial charge in [-0.2, -0.15) is 5.26 Å². The number of carbonyl (C=O) groups excluding carboxylic acids is 1. The molecule has 23 heavy (non-hydrogen) atoms. The van der Waals surface area contributed by atoms with Crippen molar-refractivity contribution in [2.75, 3.05) is 18.5 Å². The third-order valence-electron chi connectivity index (χ3n) is 4.25. The van der Waals surface area contributed by atoms with Crippen molar-refractivity contribution in [1.82, 2.24) is 5.32 Å². The Hall–Kier alpha value is -2.20. The topological polar surface area (TPSA) is 85.2 Å². The van der Waals surface area contributed by atoms with Gasteiger partial charge in [0, 0.05) is 0 Å². The van der Waals surface area contributed by atoms with Gasteiger partial charge in [-0.25, -0.2) is 0 Å². The average molecular weight is 327 g/mol. The van der Waals surface area contributed by atoms with E-state index in [9.17, 15) is 9.90 Å². The number of nitrogens with one attached hydrogen (secondary N) is 2. The number of anilines is 1. The molecule has 5 nitrogen and oxygen atoms in total. The number of hydrogen-bond acceptors (Lipinski definition) is 5. The first-order valence-electron chi connectivity index (χ1n) is 7.40. The van der Waals surface area contributed by atoms with E-state index in [0.717, 1.165) is 18.4 Å². The Balaban J connectivity index is 1.68. The first kappa shape index (κ1) is 15.7. The molecule has 0 fully saturated rings. The molecule has 1 aliphatic rings. The van der Waals surface area contributed by atoms with Crippen molar-refractivity contribution in [3.63, 3.8) is 0 Å². The van der Waals surface area contributed by atoms with Gasteiger partial charge in [0.1, 0.15) is 11.1 Å². The van der Waals surface area contributed by atoms with Gasteiger partial charge in [0.25, 0.3) is 0 Å². The van der Waals surface area contributed by atoms with Gasteiger partial charge in [-0.1, -0.05) is 24.3 Å². The van der Waals surface area contributed by atoms with E-state index in [2.05, 4.69) is 16.7 Å². The molecule has 0 radical (unpaired) electrons. The standard InChI is InChI=1S/C17H17N3O2S/c18-9-13-6-8-23-16(13)20-15(22)10-19-17(11-21)7-5-12-3-1-2-4-14(12)17/h1-4,6,8,19,21H,5,7,10-11H2,(H,20,22). The van der Waals surface area contributed by atoms with Gasteiger partial charge in [-0.05, 0) is 35.4 Å². The second-order valence-corrected chi connectivity index (χ2v) is 6.49. The van der Waals surface area contributed by atoms with Crippen molar-refractivity contribution in [1.29, 1.82) is 5.26 Å². The smallest absolute Gasteiger partial charge is 0.238 e. The van der Waals surface area contributed by atoms with E-state index in [-0.39, 0.29) is 19.1 Å². The van der Waals surface area contributed by atoms with E-state index in [1.54, 1.807) is 11.4 Å². The Kier molecular flexibility index (Phi) is 4.44. The van der Waals surface area contributed by atoms with Crippen LogP contribution >= 0.6 is 11.3 Å². The van der Waals surface area contributed by atoms with Crippen molar-refractivity contribution < 1.29 is 9.90 Å². The summed E-state index contributed by atoms with van der Waals surface area (Å²) in [7, 11) is 0. The molecule has 3 rings (SSSR count). The largest absolute Gasteiger partial charge is 0.394 e. The Morgan fingerprint density at radius 2 is 2.22 bits per heavy atom. The van der Waals surface area contributed by atoms with Crippen LogP contribution in [0.2, 0.25) is 0 Å². The van der Waals surface area contributed by atoms with E-state index < -0.39 is 5.54 Å². The highest BCUT2D eigenvalue weighted by Crippen LogP contribution is 2.36. The molecule has 0 spiro atoms. The summed E-state index contributed by atoms with van der Waals surface area (Å²) in [5.74, 6) is -0.221. The predicted octanol–water partition coefficient (Wildman–Crippen LogP) is 1.98. The van der Waals surface area contributed by atoms with Gasteiger partial charge in [-0.3, -0.25) is 10.1 Å². The minimum Gasteiger partial charge on any atom is -0.394 e. The van der Waals surface area contributed by atoms with Crippen LogP contribution in [-0.4, -0.2) is 24.2 Å². The van der Waals surface area contributed by atoms with Crippen LogP contribution < -0.4 is 10.6 Å². The second-order valence-electron chi connectivity index (χ2n) is 5.57. The van der Waals surface area contributed by atoms with Gasteiger partial charge in [-0.15, -0.1) is 11.3 Å². The van der Waals surface area contributed by atoms with Crippen LogP contribution in [0.3, 0.4) is 0 Å². The number of aryl methyl sites for hydroxylation is 1. The van der Waals surface area contributed by atoms with Gasteiger partial charge < -0.3 is 10.4 Å². The molecule has 1 aromatic heterocycles. The van der Waals surface area contributed by atoms with Crippen LogP contribution in [0.4, 0.5) is 5.00 Å². The molecule has 1 amide bonds. The molecule has 1 aliphatic carbocycles. The lowest BCUT2D eigenvalue weighted by Crippen LogP contribution is -2.47. The summed E-state index contributed by atoms with van der Waals surface area (Å²) in [6.45, 7) is 0.0252. The first-order valence-corrected chi connectivity index (χ1v) is 8.28. The number of aliphatic hydroxyl groups is 1. The number of nitrogens with zero attached hydrogens (tertiary/aromatic N) is 1. The molecule has 1 unspecified atom stereocenters. The summed E-state index contributed by atoms with van der Waals surface area (Å²) < 4.78 is 0. The molecule has 3 N–H and O–H groups in total. The summed E-state index contributed by atoms with van der Waals surface area (Å²) in [4.78, 5) is 12.1. The molecular formula is C17H17N3O2S. The van der Waals surface area contributed by atoms with Crippen molar-refractivity contribution in [2.45, 2.75) is 18.4 Å². The van der Waals surface area contributed by atoms with Crippen molar-refractivity contribution in [3.8, 4) is 6.07 Å². The zero-order chi connectivity index (χ0) is 16.3. The van der Waals surface area contributed by atoms with Gasteiger partial charge in [0.05, 0.1) is 24.3 Å². The summed E-state index contributed by atoms with van der Waals surface area (Å²) in [5, 5.41) is 27.1. The third kappa shape index (κ3) is 2.99. The van der Waals surface area contributed by atoms with E-state index in [1.165, 1.54) is 16.9 Å². The fourth-order valence-corrected chi connectivity index (χ4v) is 3.76. The molecule has 0 bridgehead atoms. The number of rotatable bonds is 5. The van der Waals surface area contributed by atoms with Crippen LogP contribution in [0.25, 0.3) is 0 Å². The van der Waals surface area contributed by atoms with Crippen LogP contribution in [0, 0.1) is 11.3 Å². The zero-order valence-corrected chi connectivity index (χ0v) is 13.3. The third-order valence-corrected chi connectivity index (χ3v) is 5.08. The molecule has 1 atom stereocenters. The lowest BCUT2D eigenvalue weighted by molar-refractivity contribution is -0.115. The number of aliphatic hydroxyl groups excluding tert-OH is 1. The molecule has 2 aromatic rings. The van der Waals surface area contributed by atoms with Gasteiger partial charge >= 0.3 is 0 Å². The predicted molar refractivity (Wildman–Crippen MR) is 89.2 cm³/mol. The molecule has 0 saturated carbocycles. The van der Waals surface area contributed by atoms with E-state index in [1.807, 2.05) is 24.3 Å². The summed E-state index contributed by atoms with van der Waals surface area (Å²) in [6, 6.07) is 11.7. The number of thiophene rings is 1. The fourth-order valence-electron chi connectivity index (χ4n) is 3.01. The SMILES string of the molecule is N#Cc1ccsc1NC(=O)CNC1(CO)CCc2ccccc21. The van der Waals surface area contributed by atoms with Crippen molar-refractivity contribution in [3.05, 3.63) is 52.4 Å². The Bertz CT molecular complexity index is 765. The maximum Gasteiger partial charge on any atom is 0.238 e. The average Bonchev–Trinajstić information content (AvgIpc) is 3.18. The lowest BCUT2D eigenvalue weighted by atomic mass is 9.92. The number of amides is 1. The van der Waals surface area contributed by atoms with Gasteiger partial charge in [0.2, 0.25) is 5.91 Å². The van der Waals surface area contributed by atoms with Crippen LogP contribution in [0.1, 0.15) is 23.1 Å². The summed E-state index contributed by atoms with van der Waals surface area (Å²) in [5.41, 5.74) is 2.16. The Morgan fingerprint density at radius 1 is 1.39 bits per heavy atom. The van der Waals surface area contributed by atoms with Crippen LogP contribution in [-0.2, 0) is 16.8 Å². The Morgan fingerprint density at radius 3 is 3.00 bits per heavy atom. The van der Waals surface area contributed by atoms with Crippen molar-refractivity contribution in [2.24, 2.45) is 0 Å². The highest BCUT2D eigenvalue weighted by molar-refractivity contribution is 7.14. The second kappa shape index (κ2) is 6.50. The molecule has 118 valence electrons. The zero-order valence-electron chi connectivity index (χ0n) is 12.5. The minimum atomic E-state index is -0.568. The monoisotopic (exact) mass is 327 g/mol. The number of fused-ring (bicyclic) bond motifs is 1. The molecule has 0 saturated heterocycles. The number of nitriles is 1. The normalized spacial score (nSPS) is 19.1. The quantitative estimate of drug-likeness (QED) is 0.784. The van der Waals surface area contributed by atoms with E-state index in [4.69, 9.17) is 5.26 Å². The number of hydrogen-bond donors (Lipinski definition) is 3. The molecule has 1 aromatic carbocycles. The maximum absolute atomic E-state index is 12.1. The first-order chi connectivity index (χ1) is 11.2. The molecule has 6 heteroatoms. The summed E-state index contributed by atoms with van der Waals surface area (Å²) in [6.07, 6.45) is 1.65. The highest BCUT2D eigenvalue weighted by Gasteiger charge is 2.37. The minimum absolute atomic E-state index is 0.0558. The fraction of sp³-hybridized carbons (Fsp3) is 0.294. The van der Waals surface area contributed by atoms with Crippen LogP contribution in [0.15, 0.2) is 35.7 Å². The lowest BCUT2D eigenvalue weighted by Gasteiger charge is -2.29. The Labute approximate surface area is 138 Å². The molecule has 1 heterocycles. The number of benzene rings is 1. The molecular weight excluding hydrogens is 310 g/mol. The maximum atomic E-state index is 12.1.